The first kappa shape index (κ1) is 23.2. The lowest BCUT2D eigenvalue weighted by atomic mass is 10.2. The van der Waals surface area contributed by atoms with Gasteiger partial charge in [-0.15, -0.1) is 0 Å². The van der Waals surface area contributed by atoms with Crippen LogP contribution < -0.4 is 15.0 Å². The molecule has 8 heteroatoms. The fourth-order valence-corrected chi connectivity index (χ4v) is 4.12. The molecule has 186 valence electrons. The van der Waals surface area contributed by atoms with E-state index in [2.05, 4.69) is 10.1 Å². The minimum atomic E-state index is -0.602. The molecule has 0 radical (unpaired) electrons. The zero-order valence-corrected chi connectivity index (χ0v) is 20.2. The van der Waals surface area contributed by atoms with Gasteiger partial charge in [-0.2, -0.15) is 9.78 Å². The monoisotopic (exact) mass is 505 g/mol. The van der Waals surface area contributed by atoms with E-state index in [4.69, 9.17) is 13.9 Å². The van der Waals surface area contributed by atoms with Crippen LogP contribution in [0.3, 0.4) is 0 Å². The van der Waals surface area contributed by atoms with Crippen LogP contribution in [0, 0.1) is 5.82 Å². The number of methoxy groups -OCH3 is 1. The number of hydrogen-bond acceptors (Lipinski definition) is 6. The first-order valence-corrected chi connectivity index (χ1v) is 11.8. The Morgan fingerprint density at radius 2 is 1.68 bits per heavy atom. The molecule has 38 heavy (non-hydrogen) atoms. The number of para-hydroxylation sites is 3. The molecule has 0 N–H and O–H groups in total. The second-order valence-corrected chi connectivity index (χ2v) is 8.40. The van der Waals surface area contributed by atoms with Crippen LogP contribution in [-0.4, -0.2) is 23.0 Å². The number of halogens is 1. The zero-order chi connectivity index (χ0) is 26.1. The fourth-order valence-electron chi connectivity index (χ4n) is 4.12. The Kier molecular flexibility index (Phi) is 5.89. The zero-order valence-electron chi connectivity index (χ0n) is 20.2. The largest absolute Gasteiger partial charge is 0.496 e. The normalized spacial score (nSPS) is 11.4. The van der Waals surface area contributed by atoms with Crippen molar-refractivity contribution in [2.45, 2.75) is 0 Å². The maximum Gasteiger partial charge on any atom is 0.282 e. The highest BCUT2D eigenvalue weighted by molar-refractivity contribution is 5.86. The van der Waals surface area contributed by atoms with Crippen molar-refractivity contribution in [3.8, 4) is 28.8 Å². The second-order valence-electron chi connectivity index (χ2n) is 8.40. The van der Waals surface area contributed by atoms with Crippen molar-refractivity contribution < 1.29 is 18.3 Å². The number of rotatable bonds is 6. The summed E-state index contributed by atoms with van der Waals surface area (Å²) in [4.78, 5) is 18.2. The van der Waals surface area contributed by atoms with Crippen LogP contribution in [-0.2, 0) is 0 Å². The Bertz CT molecular complexity index is 1840. The maximum absolute atomic E-state index is 14.8. The molecule has 2 heterocycles. The quantitative estimate of drug-likeness (QED) is 0.237. The molecule has 0 amide bonds. The molecule has 4 aromatic carbocycles. The van der Waals surface area contributed by atoms with Crippen molar-refractivity contribution in [3.05, 3.63) is 119 Å². The molecule has 6 aromatic rings. The van der Waals surface area contributed by atoms with E-state index in [-0.39, 0.29) is 22.9 Å². The highest BCUT2D eigenvalue weighted by atomic mass is 19.1. The molecule has 0 aliphatic rings. The molecule has 0 spiro atoms. The molecule has 0 atom stereocenters. The first-order valence-electron chi connectivity index (χ1n) is 11.8. The molecule has 0 bridgehead atoms. The standard InChI is InChI=1S/C30H20FN3O4/c1-36-26-17-23(31)27(37-21-10-3-2-4-11-21)16-20(26)18-32-34-29(28-15-19-9-5-8-14-25(19)38-28)33-24-13-7-6-12-22(24)30(34)35/h2-18H,1H3. The van der Waals surface area contributed by atoms with Gasteiger partial charge in [0.2, 0.25) is 5.82 Å². The van der Waals surface area contributed by atoms with Gasteiger partial charge in [0.05, 0.1) is 24.2 Å². The third kappa shape index (κ3) is 4.28. The van der Waals surface area contributed by atoms with E-state index in [1.54, 1.807) is 42.5 Å². The van der Waals surface area contributed by atoms with Crippen LogP contribution in [0.4, 0.5) is 4.39 Å². The topological polar surface area (TPSA) is 78.8 Å². The van der Waals surface area contributed by atoms with Crippen LogP contribution in [0.15, 0.2) is 111 Å². The summed E-state index contributed by atoms with van der Waals surface area (Å²) in [5, 5.41) is 5.71. The summed E-state index contributed by atoms with van der Waals surface area (Å²) in [6.07, 6.45) is 1.40. The third-order valence-electron chi connectivity index (χ3n) is 5.97. The Morgan fingerprint density at radius 3 is 2.50 bits per heavy atom. The van der Waals surface area contributed by atoms with Gasteiger partial charge < -0.3 is 13.9 Å². The van der Waals surface area contributed by atoms with Gasteiger partial charge in [0.15, 0.2) is 17.3 Å². The molecule has 0 saturated heterocycles. The van der Waals surface area contributed by atoms with Crippen molar-refractivity contribution in [3.63, 3.8) is 0 Å². The number of benzene rings is 4. The maximum atomic E-state index is 14.8. The van der Waals surface area contributed by atoms with Gasteiger partial charge in [-0.05, 0) is 42.5 Å². The first-order chi connectivity index (χ1) is 18.6. The molecule has 0 aliphatic carbocycles. The lowest BCUT2D eigenvalue weighted by Gasteiger charge is -2.11. The summed E-state index contributed by atoms with van der Waals surface area (Å²) in [5.74, 6) is 0.684. The Labute approximate surface area is 216 Å². The van der Waals surface area contributed by atoms with Gasteiger partial charge >= 0.3 is 0 Å². The second kappa shape index (κ2) is 9.67. The van der Waals surface area contributed by atoms with Crippen LogP contribution in [0.25, 0.3) is 33.5 Å². The van der Waals surface area contributed by atoms with Crippen LogP contribution >= 0.6 is 0 Å². The Hall–Kier alpha value is -5.24. The number of aromatic nitrogens is 2. The van der Waals surface area contributed by atoms with Crippen LogP contribution in [0.1, 0.15) is 5.56 Å². The lowest BCUT2D eigenvalue weighted by molar-refractivity contribution is 0.401. The highest BCUT2D eigenvalue weighted by Gasteiger charge is 2.17. The van der Waals surface area contributed by atoms with Gasteiger partial charge in [0.1, 0.15) is 17.1 Å². The molecule has 0 fully saturated rings. The van der Waals surface area contributed by atoms with E-state index in [9.17, 15) is 9.18 Å². The SMILES string of the molecule is COc1cc(F)c(Oc2ccccc2)cc1C=Nn1c(-c2cc3ccccc3o2)nc2ccccc2c1=O. The summed E-state index contributed by atoms with van der Waals surface area (Å²) in [6, 6.07) is 27.9. The number of fused-ring (bicyclic) bond motifs is 2. The van der Waals surface area contributed by atoms with Gasteiger partial charge in [-0.1, -0.05) is 48.5 Å². The van der Waals surface area contributed by atoms with E-state index in [0.29, 0.717) is 33.6 Å². The minimum Gasteiger partial charge on any atom is -0.496 e. The average Bonchev–Trinajstić information content (AvgIpc) is 3.38. The molecule has 0 saturated carbocycles. The Morgan fingerprint density at radius 1 is 0.921 bits per heavy atom. The molecular formula is C30H20FN3O4. The average molecular weight is 506 g/mol. The summed E-state index contributed by atoms with van der Waals surface area (Å²) in [7, 11) is 1.42. The minimum absolute atomic E-state index is 0.0139. The predicted octanol–water partition coefficient (Wildman–Crippen LogP) is 6.63. The van der Waals surface area contributed by atoms with Gasteiger partial charge in [-0.25, -0.2) is 9.37 Å². The van der Waals surface area contributed by atoms with Crippen molar-refractivity contribution in [1.82, 2.24) is 9.66 Å². The molecular weight excluding hydrogens is 485 g/mol. The summed E-state index contributed by atoms with van der Waals surface area (Å²) < 4.78 is 33.0. The highest BCUT2D eigenvalue weighted by Crippen LogP contribution is 2.31. The summed E-state index contributed by atoms with van der Waals surface area (Å²) >= 11 is 0. The van der Waals surface area contributed by atoms with Crippen molar-refractivity contribution in [2.24, 2.45) is 5.10 Å². The Balaban J connectivity index is 1.49. The fraction of sp³-hybridized carbons (Fsp3) is 0.0333. The van der Waals surface area contributed by atoms with Crippen molar-refractivity contribution >= 4 is 28.1 Å². The third-order valence-corrected chi connectivity index (χ3v) is 5.97. The van der Waals surface area contributed by atoms with Gasteiger partial charge in [-0.3, -0.25) is 4.79 Å². The van der Waals surface area contributed by atoms with E-state index < -0.39 is 5.82 Å². The number of furan rings is 1. The van der Waals surface area contributed by atoms with Crippen molar-refractivity contribution in [1.29, 1.82) is 0 Å². The molecule has 2 aromatic heterocycles. The molecule has 0 unspecified atom stereocenters. The molecule has 0 aliphatic heterocycles. The smallest absolute Gasteiger partial charge is 0.282 e. The number of nitrogens with zero attached hydrogens (tertiary/aromatic N) is 3. The molecule has 7 nitrogen and oxygen atoms in total. The van der Waals surface area contributed by atoms with Crippen LogP contribution in [0.5, 0.6) is 17.2 Å². The number of hydrogen-bond donors (Lipinski definition) is 0. The van der Waals surface area contributed by atoms with Gasteiger partial charge in [0.25, 0.3) is 5.56 Å². The predicted molar refractivity (Wildman–Crippen MR) is 144 cm³/mol. The number of ether oxygens (including phenoxy) is 2. The van der Waals surface area contributed by atoms with E-state index in [0.717, 1.165) is 5.39 Å². The summed E-state index contributed by atoms with van der Waals surface area (Å²) in [6.45, 7) is 0. The lowest BCUT2D eigenvalue weighted by Crippen LogP contribution is -2.20. The van der Waals surface area contributed by atoms with E-state index >= 15 is 0 Å². The van der Waals surface area contributed by atoms with Crippen molar-refractivity contribution in [2.75, 3.05) is 7.11 Å². The van der Waals surface area contributed by atoms with Gasteiger partial charge in [0, 0.05) is 17.0 Å². The molecule has 6 rings (SSSR count). The van der Waals surface area contributed by atoms with E-state index in [1.807, 2.05) is 42.5 Å². The summed E-state index contributed by atoms with van der Waals surface area (Å²) in [5.41, 5.74) is 1.18. The van der Waals surface area contributed by atoms with E-state index in [1.165, 1.54) is 30.1 Å². The van der Waals surface area contributed by atoms with Crippen LogP contribution in [0.2, 0.25) is 0 Å².